The lowest BCUT2D eigenvalue weighted by Gasteiger charge is -2.11. The van der Waals surface area contributed by atoms with Crippen LogP contribution in [0.25, 0.3) is 0 Å². The molecule has 0 unspecified atom stereocenters. The predicted octanol–water partition coefficient (Wildman–Crippen LogP) is 2.66. The zero-order valence-electron chi connectivity index (χ0n) is 9.87. The molecule has 0 aliphatic rings. The minimum Gasteiger partial charge on any atom is -0.340 e. The molecule has 0 saturated heterocycles. The molecule has 0 bridgehead atoms. The van der Waals surface area contributed by atoms with Gasteiger partial charge in [0.05, 0.1) is 5.56 Å². The second-order valence-electron chi connectivity index (χ2n) is 3.73. The number of nitrogens with zero attached hydrogens (tertiary/aromatic N) is 2. The van der Waals surface area contributed by atoms with Crippen LogP contribution in [0, 0.1) is 5.82 Å². The number of rotatable bonds is 3. The number of nitrogens with two attached hydrogens (primary N) is 1. The average Bonchev–Trinajstić information content (AvgIpc) is 2.40. The molecule has 2 rings (SSSR count). The molecule has 1 heterocycles. The molecule has 0 atom stereocenters. The van der Waals surface area contributed by atoms with Crippen molar-refractivity contribution in [3.63, 3.8) is 0 Å². The lowest BCUT2D eigenvalue weighted by atomic mass is 10.2. The van der Waals surface area contributed by atoms with Crippen LogP contribution in [0.15, 0.2) is 30.5 Å². The van der Waals surface area contributed by atoms with Gasteiger partial charge in [-0.3, -0.25) is 5.43 Å². The van der Waals surface area contributed by atoms with Crippen molar-refractivity contribution in [3.05, 3.63) is 41.8 Å². The Hall–Kier alpha value is -2.42. The number of hydrogen-bond acceptors (Lipinski definition) is 5. The Morgan fingerprint density at radius 1 is 1.15 bits per heavy atom. The molecule has 0 aliphatic heterocycles. The van der Waals surface area contributed by atoms with Gasteiger partial charge in [-0.1, -0.05) is 0 Å². The van der Waals surface area contributed by atoms with Crippen molar-refractivity contribution in [2.24, 2.45) is 5.84 Å². The molecule has 2 aromatic rings. The van der Waals surface area contributed by atoms with E-state index in [0.29, 0.717) is 6.07 Å². The number of nitrogens with one attached hydrogen (secondary N) is 2. The van der Waals surface area contributed by atoms with Gasteiger partial charge >= 0.3 is 6.18 Å². The van der Waals surface area contributed by atoms with Gasteiger partial charge in [0.25, 0.3) is 0 Å². The number of nitrogen functional groups attached to an aromatic ring is 1. The van der Waals surface area contributed by atoms with E-state index in [9.17, 15) is 17.6 Å². The SMILES string of the molecule is NNc1nccc(Nc2ccc(F)c(C(F)(F)F)c2)n1. The molecular weight excluding hydrogens is 278 g/mol. The topological polar surface area (TPSA) is 75.9 Å². The minimum absolute atomic E-state index is 0.0420. The Morgan fingerprint density at radius 2 is 1.90 bits per heavy atom. The predicted molar refractivity (Wildman–Crippen MR) is 64.5 cm³/mol. The van der Waals surface area contributed by atoms with E-state index >= 15 is 0 Å². The normalized spacial score (nSPS) is 11.2. The number of hydrogen-bond donors (Lipinski definition) is 3. The van der Waals surface area contributed by atoms with Gasteiger partial charge in [0.1, 0.15) is 11.6 Å². The maximum atomic E-state index is 13.1. The van der Waals surface area contributed by atoms with Crippen LogP contribution < -0.4 is 16.6 Å². The Kier molecular flexibility index (Phi) is 3.70. The van der Waals surface area contributed by atoms with Gasteiger partial charge in [-0.15, -0.1) is 0 Å². The van der Waals surface area contributed by atoms with Crippen LogP contribution in [0.2, 0.25) is 0 Å². The summed E-state index contributed by atoms with van der Waals surface area (Å²) in [4.78, 5) is 7.61. The number of alkyl halides is 3. The van der Waals surface area contributed by atoms with E-state index in [1.165, 1.54) is 18.3 Å². The van der Waals surface area contributed by atoms with Gasteiger partial charge in [0, 0.05) is 11.9 Å². The van der Waals surface area contributed by atoms with Crippen molar-refractivity contribution in [2.45, 2.75) is 6.18 Å². The quantitative estimate of drug-likeness (QED) is 0.459. The van der Waals surface area contributed by atoms with Crippen molar-refractivity contribution in [1.29, 1.82) is 0 Å². The summed E-state index contributed by atoms with van der Waals surface area (Å²) in [6, 6.07) is 3.99. The van der Waals surface area contributed by atoms with E-state index < -0.39 is 17.6 Å². The molecule has 5 nitrogen and oxygen atoms in total. The number of aromatic nitrogens is 2. The summed E-state index contributed by atoms with van der Waals surface area (Å²) in [7, 11) is 0. The number of benzene rings is 1. The van der Waals surface area contributed by atoms with Crippen LogP contribution in [-0.2, 0) is 6.18 Å². The summed E-state index contributed by atoms with van der Waals surface area (Å²) in [6.07, 6.45) is -3.41. The summed E-state index contributed by atoms with van der Waals surface area (Å²) in [5.74, 6) is 4.08. The average molecular weight is 287 g/mol. The van der Waals surface area contributed by atoms with Crippen LogP contribution in [0.1, 0.15) is 5.56 Å². The van der Waals surface area contributed by atoms with Crippen LogP contribution in [-0.4, -0.2) is 9.97 Å². The van der Waals surface area contributed by atoms with Gasteiger partial charge in [0.2, 0.25) is 5.95 Å². The van der Waals surface area contributed by atoms with Crippen LogP contribution in [0.5, 0.6) is 0 Å². The summed E-state index contributed by atoms with van der Waals surface area (Å²) >= 11 is 0. The Balaban J connectivity index is 2.30. The maximum Gasteiger partial charge on any atom is 0.419 e. The molecule has 0 aliphatic carbocycles. The molecule has 0 spiro atoms. The highest BCUT2D eigenvalue weighted by molar-refractivity contribution is 5.58. The largest absolute Gasteiger partial charge is 0.419 e. The molecule has 4 N–H and O–H groups in total. The molecule has 106 valence electrons. The lowest BCUT2D eigenvalue weighted by molar-refractivity contribution is -0.139. The molecule has 0 amide bonds. The molecule has 9 heteroatoms. The first-order chi connectivity index (χ1) is 9.40. The molecule has 0 saturated carbocycles. The minimum atomic E-state index is -4.77. The van der Waals surface area contributed by atoms with Gasteiger partial charge in [-0.05, 0) is 24.3 Å². The number of hydrazine groups is 1. The van der Waals surface area contributed by atoms with Gasteiger partial charge in [0.15, 0.2) is 0 Å². The van der Waals surface area contributed by atoms with E-state index in [2.05, 4.69) is 20.7 Å². The maximum absolute atomic E-state index is 13.1. The molecule has 1 aromatic carbocycles. The van der Waals surface area contributed by atoms with Crippen LogP contribution in [0.4, 0.5) is 35.0 Å². The highest BCUT2D eigenvalue weighted by Gasteiger charge is 2.34. The van der Waals surface area contributed by atoms with E-state index in [-0.39, 0.29) is 17.5 Å². The number of anilines is 3. The zero-order chi connectivity index (χ0) is 14.8. The molecular formula is C11H9F4N5. The zero-order valence-corrected chi connectivity index (χ0v) is 9.87. The fourth-order valence-electron chi connectivity index (χ4n) is 1.47. The van der Waals surface area contributed by atoms with Crippen molar-refractivity contribution >= 4 is 17.5 Å². The first-order valence-corrected chi connectivity index (χ1v) is 5.33. The highest BCUT2D eigenvalue weighted by atomic mass is 19.4. The smallest absolute Gasteiger partial charge is 0.340 e. The second-order valence-corrected chi connectivity index (χ2v) is 3.73. The first kappa shape index (κ1) is 14.0. The van der Waals surface area contributed by atoms with Crippen molar-refractivity contribution < 1.29 is 17.6 Å². The second kappa shape index (κ2) is 5.29. The Morgan fingerprint density at radius 3 is 2.55 bits per heavy atom. The highest BCUT2D eigenvalue weighted by Crippen LogP contribution is 2.33. The Bertz CT molecular complexity index is 614. The van der Waals surface area contributed by atoms with Gasteiger partial charge in [-0.25, -0.2) is 15.2 Å². The van der Waals surface area contributed by atoms with E-state index in [4.69, 9.17) is 5.84 Å². The van der Waals surface area contributed by atoms with Crippen LogP contribution >= 0.6 is 0 Å². The van der Waals surface area contributed by atoms with E-state index in [1.807, 2.05) is 0 Å². The monoisotopic (exact) mass is 287 g/mol. The molecule has 0 radical (unpaired) electrons. The van der Waals surface area contributed by atoms with Gasteiger partial charge in [-0.2, -0.15) is 18.2 Å². The van der Waals surface area contributed by atoms with Crippen molar-refractivity contribution in [2.75, 3.05) is 10.7 Å². The molecule has 20 heavy (non-hydrogen) atoms. The number of halogens is 4. The first-order valence-electron chi connectivity index (χ1n) is 5.33. The summed E-state index contributed by atoms with van der Waals surface area (Å²) in [5, 5.41) is 2.60. The summed E-state index contributed by atoms with van der Waals surface area (Å²) in [6.45, 7) is 0. The Labute approximate surface area is 110 Å². The standard InChI is InChI=1S/C11H9F4N5/c12-8-2-1-6(5-7(8)11(13,14)15)18-9-3-4-17-10(19-9)20-16/h1-5H,16H2,(H2,17,18,19,20). The van der Waals surface area contributed by atoms with Crippen LogP contribution in [0.3, 0.4) is 0 Å². The fourth-order valence-corrected chi connectivity index (χ4v) is 1.47. The fraction of sp³-hybridized carbons (Fsp3) is 0.0909. The third-order valence-corrected chi connectivity index (χ3v) is 2.33. The van der Waals surface area contributed by atoms with Crippen molar-refractivity contribution in [3.8, 4) is 0 Å². The van der Waals surface area contributed by atoms with E-state index in [1.54, 1.807) is 0 Å². The summed E-state index contributed by atoms with van der Waals surface area (Å²) < 4.78 is 50.8. The third-order valence-electron chi connectivity index (χ3n) is 2.33. The van der Waals surface area contributed by atoms with Crippen molar-refractivity contribution in [1.82, 2.24) is 9.97 Å². The van der Waals surface area contributed by atoms with E-state index in [0.717, 1.165) is 6.07 Å². The summed E-state index contributed by atoms with van der Waals surface area (Å²) in [5.41, 5.74) is 0.885. The third kappa shape index (κ3) is 3.12. The lowest BCUT2D eigenvalue weighted by Crippen LogP contribution is -2.11. The molecule has 1 aromatic heterocycles. The van der Waals surface area contributed by atoms with Gasteiger partial charge < -0.3 is 5.32 Å². The molecule has 0 fully saturated rings.